The highest BCUT2D eigenvalue weighted by Crippen LogP contribution is 2.33. The SMILES string of the molecule is O=C(O)CCCN1C(=O)SC(=Cc2ccc(-c3ccc(O)cc3)o2)C1=O. The lowest BCUT2D eigenvalue weighted by molar-refractivity contribution is -0.137. The van der Waals surface area contributed by atoms with Crippen LogP contribution in [0.3, 0.4) is 0 Å². The van der Waals surface area contributed by atoms with Crippen LogP contribution in [0.4, 0.5) is 4.79 Å². The molecule has 0 radical (unpaired) electrons. The summed E-state index contributed by atoms with van der Waals surface area (Å²) in [5.74, 6) is -0.281. The molecule has 1 aromatic heterocycles. The molecule has 0 aliphatic carbocycles. The second-order valence-corrected chi connectivity index (χ2v) is 6.57. The molecular weight excluding hydrogens is 358 g/mol. The monoisotopic (exact) mass is 373 g/mol. The number of aliphatic carboxylic acids is 1. The molecule has 1 aliphatic rings. The zero-order chi connectivity index (χ0) is 18.7. The fourth-order valence-corrected chi connectivity index (χ4v) is 3.27. The molecule has 8 heteroatoms. The topological polar surface area (TPSA) is 108 Å². The number of rotatable bonds is 6. The second kappa shape index (κ2) is 7.49. The van der Waals surface area contributed by atoms with Crippen LogP contribution in [-0.2, 0) is 9.59 Å². The number of thioether (sulfide) groups is 1. The molecule has 0 bridgehead atoms. The van der Waals surface area contributed by atoms with Gasteiger partial charge in [0.2, 0.25) is 0 Å². The van der Waals surface area contributed by atoms with Crippen molar-refractivity contribution >= 4 is 35.0 Å². The van der Waals surface area contributed by atoms with Crippen LogP contribution >= 0.6 is 11.8 Å². The lowest BCUT2D eigenvalue weighted by Gasteiger charge is -2.10. The van der Waals surface area contributed by atoms with E-state index in [1.807, 2.05) is 0 Å². The van der Waals surface area contributed by atoms with Gasteiger partial charge in [0.15, 0.2) is 0 Å². The van der Waals surface area contributed by atoms with Gasteiger partial charge in [-0.15, -0.1) is 0 Å². The van der Waals surface area contributed by atoms with Gasteiger partial charge in [0.1, 0.15) is 17.3 Å². The maximum absolute atomic E-state index is 12.3. The van der Waals surface area contributed by atoms with Gasteiger partial charge in [-0.3, -0.25) is 19.3 Å². The van der Waals surface area contributed by atoms with Gasteiger partial charge in [-0.25, -0.2) is 0 Å². The van der Waals surface area contributed by atoms with Crippen LogP contribution in [-0.4, -0.2) is 38.8 Å². The molecule has 2 aromatic rings. The third-order valence-corrected chi connectivity index (χ3v) is 4.61. The van der Waals surface area contributed by atoms with Crippen LogP contribution in [0.1, 0.15) is 18.6 Å². The summed E-state index contributed by atoms with van der Waals surface area (Å²) in [6.07, 6.45) is 1.60. The smallest absolute Gasteiger partial charge is 0.303 e. The van der Waals surface area contributed by atoms with E-state index in [2.05, 4.69) is 0 Å². The number of imide groups is 1. The molecule has 2 amide bonds. The first-order valence-corrected chi connectivity index (χ1v) is 8.62. The Labute approximate surface area is 152 Å². The third kappa shape index (κ3) is 3.97. The second-order valence-electron chi connectivity index (χ2n) is 5.58. The number of benzene rings is 1. The van der Waals surface area contributed by atoms with E-state index in [-0.39, 0.29) is 30.0 Å². The van der Waals surface area contributed by atoms with Gasteiger partial charge in [0, 0.05) is 24.6 Å². The number of carbonyl (C=O) groups is 3. The molecule has 1 aromatic carbocycles. The number of nitrogens with zero attached hydrogens (tertiary/aromatic N) is 1. The Kier molecular flexibility index (Phi) is 5.13. The number of carboxylic acid groups (broad SMARTS) is 1. The van der Waals surface area contributed by atoms with Crippen molar-refractivity contribution in [3.8, 4) is 17.1 Å². The minimum atomic E-state index is -0.968. The lowest BCUT2D eigenvalue weighted by atomic mass is 10.2. The molecule has 1 fully saturated rings. The lowest BCUT2D eigenvalue weighted by Crippen LogP contribution is -2.29. The zero-order valence-corrected chi connectivity index (χ0v) is 14.4. The number of furan rings is 1. The van der Waals surface area contributed by atoms with Crippen LogP contribution in [0.5, 0.6) is 5.75 Å². The summed E-state index contributed by atoms with van der Waals surface area (Å²) in [5.41, 5.74) is 0.768. The Morgan fingerprint density at radius 3 is 2.58 bits per heavy atom. The molecule has 0 atom stereocenters. The number of phenolic OH excluding ortho intramolecular Hbond substituents is 1. The van der Waals surface area contributed by atoms with Crippen molar-refractivity contribution in [3.05, 3.63) is 47.1 Å². The molecule has 2 heterocycles. The van der Waals surface area contributed by atoms with Crippen molar-refractivity contribution in [2.75, 3.05) is 6.54 Å². The maximum Gasteiger partial charge on any atom is 0.303 e. The van der Waals surface area contributed by atoms with E-state index in [4.69, 9.17) is 9.52 Å². The van der Waals surface area contributed by atoms with Gasteiger partial charge in [-0.05, 0) is 54.6 Å². The Balaban J connectivity index is 1.72. The first kappa shape index (κ1) is 17.8. The van der Waals surface area contributed by atoms with Crippen LogP contribution in [0.15, 0.2) is 45.7 Å². The Bertz CT molecular complexity index is 883. The number of hydrogen-bond donors (Lipinski definition) is 2. The van der Waals surface area contributed by atoms with Gasteiger partial charge < -0.3 is 14.6 Å². The van der Waals surface area contributed by atoms with Gasteiger partial charge in [-0.1, -0.05) is 0 Å². The predicted octanol–water partition coefficient (Wildman–Crippen LogP) is 3.55. The number of amides is 2. The minimum absolute atomic E-state index is 0.0746. The first-order chi connectivity index (χ1) is 12.4. The van der Waals surface area contributed by atoms with Gasteiger partial charge >= 0.3 is 5.97 Å². The summed E-state index contributed by atoms with van der Waals surface area (Å²) in [4.78, 5) is 36.1. The Hall–Kier alpha value is -3.00. The molecule has 0 saturated carbocycles. The largest absolute Gasteiger partial charge is 0.508 e. The number of phenols is 1. The van der Waals surface area contributed by atoms with Crippen LogP contribution < -0.4 is 0 Å². The highest BCUT2D eigenvalue weighted by Gasteiger charge is 2.34. The van der Waals surface area contributed by atoms with Crippen LogP contribution in [0, 0.1) is 0 Å². The molecule has 1 saturated heterocycles. The van der Waals surface area contributed by atoms with Crippen molar-refractivity contribution in [2.45, 2.75) is 12.8 Å². The minimum Gasteiger partial charge on any atom is -0.508 e. The summed E-state index contributed by atoms with van der Waals surface area (Å²) < 4.78 is 5.67. The maximum atomic E-state index is 12.3. The zero-order valence-electron chi connectivity index (χ0n) is 13.5. The summed E-state index contributed by atoms with van der Waals surface area (Å²) in [7, 11) is 0. The molecule has 7 nitrogen and oxygen atoms in total. The summed E-state index contributed by atoms with van der Waals surface area (Å²) in [6, 6.07) is 9.90. The number of carboxylic acids is 1. The molecule has 26 heavy (non-hydrogen) atoms. The van der Waals surface area contributed by atoms with Crippen molar-refractivity contribution in [2.24, 2.45) is 0 Å². The van der Waals surface area contributed by atoms with E-state index in [1.54, 1.807) is 36.4 Å². The van der Waals surface area contributed by atoms with Gasteiger partial charge in [0.05, 0.1) is 4.91 Å². The van der Waals surface area contributed by atoms with E-state index in [1.165, 1.54) is 6.08 Å². The van der Waals surface area contributed by atoms with Crippen LogP contribution in [0.2, 0.25) is 0 Å². The van der Waals surface area contributed by atoms with E-state index in [0.717, 1.165) is 22.2 Å². The summed E-state index contributed by atoms with van der Waals surface area (Å²) >= 11 is 0.801. The average Bonchev–Trinajstić information content (AvgIpc) is 3.15. The van der Waals surface area contributed by atoms with Gasteiger partial charge in [0.25, 0.3) is 11.1 Å². The predicted molar refractivity (Wildman–Crippen MR) is 95.4 cm³/mol. The highest BCUT2D eigenvalue weighted by molar-refractivity contribution is 8.18. The Morgan fingerprint density at radius 2 is 1.88 bits per heavy atom. The molecule has 3 rings (SSSR count). The average molecular weight is 373 g/mol. The van der Waals surface area contributed by atoms with Crippen LogP contribution in [0.25, 0.3) is 17.4 Å². The molecular formula is C18H15NO6S. The van der Waals surface area contributed by atoms with E-state index < -0.39 is 17.1 Å². The summed E-state index contributed by atoms with van der Waals surface area (Å²) in [5, 5.41) is 17.5. The Morgan fingerprint density at radius 1 is 1.15 bits per heavy atom. The number of hydrogen-bond acceptors (Lipinski definition) is 6. The highest BCUT2D eigenvalue weighted by atomic mass is 32.2. The van der Waals surface area contributed by atoms with E-state index in [0.29, 0.717) is 11.5 Å². The molecule has 0 spiro atoms. The molecule has 134 valence electrons. The van der Waals surface area contributed by atoms with Crippen molar-refractivity contribution in [3.63, 3.8) is 0 Å². The molecule has 0 unspecified atom stereocenters. The van der Waals surface area contributed by atoms with Crippen molar-refractivity contribution < 1.29 is 29.0 Å². The number of aromatic hydroxyl groups is 1. The summed E-state index contributed by atoms with van der Waals surface area (Å²) in [6.45, 7) is 0.0746. The van der Waals surface area contributed by atoms with Crippen molar-refractivity contribution in [1.29, 1.82) is 0 Å². The molecule has 1 aliphatic heterocycles. The molecule has 2 N–H and O–H groups in total. The number of carbonyl (C=O) groups excluding carboxylic acids is 2. The van der Waals surface area contributed by atoms with Gasteiger partial charge in [-0.2, -0.15) is 0 Å². The fourth-order valence-electron chi connectivity index (χ4n) is 2.42. The third-order valence-electron chi connectivity index (χ3n) is 3.70. The first-order valence-electron chi connectivity index (χ1n) is 7.80. The normalized spacial score (nSPS) is 15.8. The fraction of sp³-hybridized carbons (Fsp3) is 0.167. The quantitative estimate of drug-likeness (QED) is 0.745. The van der Waals surface area contributed by atoms with E-state index >= 15 is 0 Å². The van der Waals surface area contributed by atoms with Crippen molar-refractivity contribution in [1.82, 2.24) is 4.90 Å². The standard InChI is InChI=1S/C18H15NO6S/c20-12-5-3-11(4-6-12)14-8-7-13(25-14)10-15-17(23)19(18(24)26-15)9-1-2-16(21)22/h3-8,10,20H,1-2,9H2,(H,21,22). The van der Waals surface area contributed by atoms with E-state index in [9.17, 15) is 19.5 Å².